The minimum atomic E-state index is -1.03. The first-order valence-corrected chi connectivity index (χ1v) is 7.89. The van der Waals surface area contributed by atoms with Crippen LogP contribution in [0.15, 0.2) is 36.4 Å². The van der Waals surface area contributed by atoms with E-state index in [0.29, 0.717) is 17.2 Å². The number of ether oxygens (including phenoxy) is 4. The molecule has 1 aliphatic heterocycles. The van der Waals surface area contributed by atoms with Gasteiger partial charge in [0.05, 0.1) is 11.5 Å². The van der Waals surface area contributed by atoms with Gasteiger partial charge in [0.2, 0.25) is 12.6 Å². The van der Waals surface area contributed by atoms with Gasteiger partial charge in [-0.05, 0) is 18.2 Å². The standard InChI is InChI=1S/C17H15FN2O7/c18-13-7-11(1-3-14(13)20(22)23)25-9-17(21)19-5-6-24-12-2-4-15-16(8-12)27-10-26-15/h1-4,7-8H,5-6,9-10H2,(H,19,21). The second kappa shape index (κ2) is 8.21. The normalized spacial score (nSPS) is 11.7. The Hall–Kier alpha value is -3.56. The summed E-state index contributed by atoms with van der Waals surface area (Å²) in [5.74, 6) is 0.366. The number of rotatable bonds is 8. The fourth-order valence-corrected chi connectivity index (χ4v) is 2.25. The first-order valence-electron chi connectivity index (χ1n) is 7.89. The maximum Gasteiger partial charge on any atom is 0.305 e. The van der Waals surface area contributed by atoms with Gasteiger partial charge in [0.25, 0.3) is 5.91 Å². The van der Waals surface area contributed by atoms with Crippen molar-refractivity contribution in [1.29, 1.82) is 0 Å². The number of fused-ring (bicyclic) bond motifs is 1. The number of halogens is 1. The van der Waals surface area contributed by atoms with Gasteiger partial charge in [-0.1, -0.05) is 0 Å². The molecule has 1 aliphatic rings. The van der Waals surface area contributed by atoms with Crippen LogP contribution in [0.3, 0.4) is 0 Å². The lowest BCUT2D eigenvalue weighted by Crippen LogP contribution is -2.32. The van der Waals surface area contributed by atoms with E-state index < -0.39 is 22.3 Å². The smallest absolute Gasteiger partial charge is 0.305 e. The molecule has 0 saturated carbocycles. The van der Waals surface area contributed by atoms with Crippen molar-refractivity contribution in [3.8, 4) is 23.0 Å². The van der Waals surface area contributed by atoms with Crippen LogP contribution in [0.2, 0.25) is 0 Å². The van der Waals surface area contributed by atoms with E-state index >= 15 is 0 Å². The van der Waals surface area contributed by atoms with Gasteiger partial charge in [-0.2, -0.15) is 4.39 Å². The second-order valence-electron chi connectivity index (χ2n) is 5.37. The molecule has 2 aromatic rings. The second-order valence-corrected chi connectivity index (χ2v) is 5.37. The molecule has 0 fully saturated rings. The van der Waals surface area contributed by atoms with Crippen molar-refractivity contribution in [3.63, 3.8) is 0 Å². The number of carbonyl (C=O) groups is 1. The third-order valence-electron chi connectivity index (χ3n) is 3.52. The molecule has 1 N–H and O–H groups in total. The van der Waals surface area contributed by atoms with E-state index in [1.54, 1.807) is 18.2 Å². The summed E-state index contributed by atoms with van der Waals surface area (Å²) in [6.07, 6.45) is 0. The Morgan fingerprint density at radius 3 is 2.67 bits per heavy atom. The van der Waals surface area contributed by atoms with Crippen molar-refractivity contribution < 1.29 is 33.1 Å². The molecular weight excluding hydrogens is 363 g/mol. The third kappa shape index (κ3) is 4.75. The average Bonchev–Trinajstić information content (AvgIpc) is 3.11. The SMILES string of the molecule is O=C(COc1ccc([N+](=O)[O-])c(F)c1)NCCOc1ccc2c(c1)OCO2. The Labute approximate surface area is 152 Å². The van der Waals surface area contributed by atoms with E-state index in [4.69, 9.17) is 18.9 Å². The topological polar surface area (TPSA) is 109 Å². The average molecular weight is 378 g/mol. The molecule has 2 aromatic carbocycles. The van der Waals surface area contributed by atoms with E-state index in [1.807, 2.05) is 0 Å². The van der Waals surface area contributed by atoms with Crippen LogP contribution in [-0.2, 0) is 4.79 Å². The maximum atomic E-state index is 13.5. The molecule has 0 radical (unpaired) electrons. The number of hydrogen-bond donors (Lipinski definition) is 1. The van der Waals surface area contributed by atoms with E-state index in [2.05, 4.69) is 5.32 Å². The fourth-order valence-electron chi connectivity index (χ4n) is 2.25. The van der Waals surface area contributed by atoms with Gasteiger partial charge in [0.15, 0.2) is 18.1 Å². The molecule has 3 rings (SSSR count). The molecule has 0 bridgehead atoms. The summed E-state index contributed by atoms with van der Waals surface area (Å²) in [5, 5.41) is 13.1. The van der Waals surface area contributed by atoms with Crippen LogP contribution in [0.5, 0.6) is 23.0 Å². The van der Waals surface area contributed by atoms with Crippen LogP contribution in [0.25, 0.3) is 0 Å². The van der Waals surface area contributed by atoms with Crippen molar-refractivity contribution in [1.82, 2.24) is 5.32 Å². The Balaban J connectivity index is 1.37. The lowest BCUT2D eigenvalue weighted by Gasteiger charge is -2.09. The predicted molar refractivity (Wildman–Crippen MR) is 89.6 cm³/mol. The van der Waals surface area contributed by atoms with Crippen molar-refractivity contribution in [3.05, 3.63) is 52.3 Å². The van der Waals surface area contributed by atoms with Crippen LogP contribution in [0.4, 0.5) is 10.1 Å². The zero-order valence-electron chi connectivity index (χ0n) is 14.0. The van der Waals surface area contributed by atoms with E-state index in [1.165, 1.54) is 6.07 Å². The number of carbonyl (C=O) groups excluding carboxylic acids is 1. The molecule has 0 aliphatic carbocycles. The zero-order valence-corrected chi connectivity index (χ0v) is 14.0. The molecular formula is C17H15FN2O7. The predicted octanol–water partition coefficient (Wildman–Crippen LogP) is 2.04. The van der Waals surface area contributed by atoms with Gasteiger partial charge < -0.3 is 24.3 Å². The van der Waals surface area contributed by atoms with Gasteiger partial charge in [0.1, 0.15) is 18.1 Å². The van der Waals surface area contributed by atoms with E-state index in [0.717, 1.165) is 12.1 Å². The van der Waals surface area contributed by atoms with Gasteiger partial charge >= 0.3 is 5.69 Å². The molecule has 0 aromatic heterocycles. The Kier molecular flexibility index (Phi) is 5.55. The quantitative estimate of drug-likeness (QED) is 0.425. The van der Waals surface area contributed by atoms with Crippen molar-refractivity contribution in [2.75, 3.05) is 26.6 Å². The maximum absolute atomic E-state index is 13.5. The molecule has 27 heavy (non-hydrogen) atoms. The van der Waals surface area contributed by atoms with Crippen molar-refractivity contribution in [2.45, 2.75) is 0 Å². The highest BCUT2D eigenvalue weighted by Crippen LogP contribution is 2.34. The van der Waals surface area contributed by atoms with Crippen LogP contribution in [-0.4, -0.2) is 37.4 Å². The Morgan fingerprint density at radius 1 is 1.15 bits per heavy atom. The van der Waals surface area contributed by atoms with Crippen molar-refractivity contribution in [2.24, 2.45) is 0 Å². The van der Waals surface area contributed by atoms with E-state index in [-0.39, 0.29) is 32.3 Å². The van der Waals surface area contributed by atoms with Crippen LogP contribution in [0, 0.1) is 15.9 Å². The van der Waals surface area contributed by atoms with Gasteiger partial charge in [-0.15, -0.1) is 0 Å². The summed E-state index contributed by atoms with van der Waals surface area (Å²) < 4.78 is 34.5. The molecule has 0 unspecified atom stereocenters. The van der Waals surface area contributed by atoms with Crippen LogP contribution in [0.1, 0.15) is 0 Å². The molecule has 0 saturated heterocycles. The lowest BCUT2D eigenvalue weighted by atomic mass is 10.3. The minimum absolute atomic E-state index is 0.0184. The van der Waals surface area contributed by atoms with Crippen LogP contribution < -0.4 is 24.3 Å². The highest BCUT2D eigenvalue weighted by Gasteiger charge is 2.15. The number of hydrogen-bond acceptors (Lipinski definition) is 7. The van der Waals surface area contributed by atoms with Gasteiger partial charge in [-0.25, -0.2) is 0 Å². The Morgan fingerprint density at radius 2 is 1.89 bits per heavy atom. The van der Waals surface area contributed by atoms with Crippen molar-refractivity contribution >= 4 is 11.6 Å². The van der Waals surface area contributed by atoms with Crippen LogP contribution >= 0.6 is 0 Å². The molecule has 10 heteroatoms. The number of nitrogens with zero attached hydrogens (tertiary/aromatic N) is 1. The third-order valence-corrected chi connectivity index (χ3v) is 3.52. The Bertz CT molecular complexity index is 859. The zero-order chi connectivity index (χ0) is 19.2. The molecule has 1 amide bonds. The molecule has 9 nitrogen and oxygen atoms in total. The van der Waals surface area contributed by atoms with E-state index in [9.17, 15) is 19.3 Å². The number of benzene rings is 2. The molecule has 0 atom stereocenters. The molecule has 142 valence electrons. The summed E-state index contributed by atoms with van der Waals surface area (Å²) >= 11 is 0. The minimum Gasteiger partial charge on any atom is -0.492 e. The molecule has 1 heterocycles. The van der Waals surface area contributed by atoms with Gasteiger partial charge in [0, 0.05) is 18.2 Å². The number of nitro groups is 1. The summed E-state index contributed by atoms with van der Waals surface area (Å²) in [6.45, 7) is 0.261. The highest BCUT2D eigenvalue weighted by atomic mass is 19.1. The molecule has 0 spiro atoms. The van der Waals surface area contributed by atoms with Gasteiger partial charge in [-0.3, -0.25) is 14.9 Å². The fraction of sp³-hybridized carbons (Fsp3) is 0.235. The summed E-state index contributed by atoms with van der Waals surface area (Å²) in [6, 6.07) is 8.19. The summed E-state index contributed by atoms with van der Waals surface area (Å²) in [5.41, 5.74) is -0.660. The largest absolute Gasteiger partial charge is 0.492 e. The first-order chi connectivity index (χ1) is 13.0. The highest BCUT2D eigenvalue weighted by molar-refractivity contribution is 5.77. The lowest BCUT2D eigenvalue weighted by molar-refractivity contribution is -0.387. The number of nitrogens with one attached hydrogen (secondary N) is 1. The number of nitro benzene ring substituents is 1. The monoisotopic (exact) mass is 378 g/mol. The first kappa shape index (κ1) is 18.2. The summed E-state index contributed by atoms with van der Waals surface area (Å²) in [7, 11) is 0. The number of amides is 1. The summed E-state index contributed by atoms with van der Waals surface area (Å²) in [4.78, 5) is 21.4.